The quantitative estimate of drug-likeness (QED) is 0.430. The van der Waals surface area contributed by atoms with Crippen LogP contribution in [0.3, 0.4) is 0 Å². The van der Waals surface area contributed by atoms with Gasteiger partial charge in [0.2, 0.25) is 5.69 Å². The molecular formula is C20H16N2O2. The van der Waals surface area contributed by atoms with Crippen LogP contribution in [-0.4, -0.2) is 17.6 Å². The highest BCUT2D eigenvalue weighted by Gasteiger charge is 2.15. The second kappa shape index (κ2) is 6.84. The van der Waals surface area contributed by atoms with Gasteiger partial charge in [0.25, 0.3) is 0 Å². The van der Waals surface area contributed by atoms with Crippen LogP contribution in [-0.2, 0) is 9.53 Å². The number of hydrogen-bond acceptors (Lipinski definition) is 2. The van der Waals surface area contributed by atoms with Crippen molar-refractivity contribution in [2.75, 3.05) is 6.61 Å². The highest BCUT2D eigenvalue weighted by Crippen LogP contribution is 2.35. The Bertz CT molecular complexity index is 947. The van der Waals surface area contributed by atoms with Crippen molar-refractivity contribution in [3.63, 3.8) is 0 Å². The van der Waals surface area contributed by atoms with Crippen molar-refractivity contribution < 1.29 is 9.53 Å². The van der Waals surface area contributed by atoms with Crippen molar-refractivity contribution in [2.45, 2.75) is 6.92 Å². The van der Waals surface area contributed by atoms with Crippen LogP contribution in [0.25, 0.3) is 21.3 Å². The van der Waals surface area contributed by atoms with Gasteiger partial charge in [0, 0.05) is 23.2 Å². The molecule has 0 atom stereocenters. The fraction of sp³-hybridized carbons (Fsp3) is 0.100. The van der Waals surface area contributed by atoms with E-state index in [1.54, 1.807) is 13.1 Å². The van der Waals surface area contributed by atoms with E-state index in [2.05, 4.69) is 9.83 Å². The average molecular weight is 316 g/mol. The zero-order valence-corrected chi connectivity index (χ0v) is 13.2. The molecule has 1 N–H and O–H groups in total. The fourth-order valence-electron chi connectivity index (χ4n) is 2.72. The first-order chi connectivity index (χ1) is 11.7. The predicted octanol–water partition coefficient (Wildman–Crippen LogP) is 4.71. The molecule has 4 nitrogen and oxygen atoms in total. The van der Waals surface area contributed by atoms with Crippen molar-refractivity contribution in [3.8, 4) is 0 Å². The molecule has 3 aromatic rings. The van der Waals surface area contributed by atoms with Gasteiger partial charge in [0.1, 0.15) is 0 Å². The Morgan fingerprint density at radius 1 is 1.21 bits per heavy atom. The first kappa shape index (κ1) is 15.6. The molecule has 1 aromatic heterocycles. The Balaban J connectivity index is 2.26. The number of carbonyl (C=O) groups is 1. The summed E-state index contributed by atoms with van der Waals surface area (Å²) >= 11 is 0. The van der Waals surface area contributed by atoms with Crippen LogP contribution in [0.4, 0.5) is 5.69 Å². The molecule has 2 aromatic carbocycles. The average Bonchev–Trinajstić information content (AvgIpc) is 3.04. The number of benzene rings is 2. The number of rotatable bonds is 4. The lowest BCUT2D eigenvalue weighted by Gasteiger charge is -2.11. The van der Waals surface area contributed by atoms with Crippen LogP contribution >= 0.6 is 0 Å². The molecule has 0 saturated heterocycles. The maximum Gasteiger partial charge on any atom is 0.331 e. The molecule has 4 heteroatoms. The molecule has 3 rings (SSSR count). The number of H-pyrrole nitrogens is 1. The molecule has 0 aliphatic heterocycles. The second-order valence-electron chi connectivity index (χ2n) is 5.19. The van der Waals surface area contributed by atoms with Crippen molar-refractivity contribution in [1.82, 2.24) is 4.98 Å². The van der Waals surface area contributed by atoms with E-state index in [1.807, 2.05) is 48.5 Å². The van der Waals surface area contributed by atoms with Crippen molar-refractivity contribution in [3.05, 3.63) is 83.3 Å². The summed E-state index contributed by atoms with van der Waals surface area (Å²) in [5, 5.41) is 0.812. The van der Waals surface area contributed by atoms with E-state index in [1.165, 1.54) is 6.08 Å². The number of aromatic amines is 1. The Kier molecular flexibility index (Phi) is 4.44. The van der Waals surface area contributed by atoms with E-state index in [4.69, 9.17) is 11.3 Å². The minimum atomic E-state index is -0.395. The van der Waals surface area contributed by atoms with Gasteiger partial charge in [-0.25, -0.2) is 9.64 Å². The monoisotopic (exact) mass is 316 g/mol. The van der Waals surface area contributed by atoms with Gasteiger partial charge in [0.15, 0.2) is 0 Å². The highest BCUT2D eigenvalue weighted by atomic mass is 16.5. The fourth-order valence-corrected chi connectivity index (χ4v) is 2.72. The van der Waals surface area contributed by atoms with E-state index in [-0.39, 0.29) is 0 Å². The lowest BCUT2D eigenvalue weighted by molar-refractivity contribution is -0.137. The molecule has 0 unspecified atom stereocenters. The summed E-state index contributed by atoms with van der Waals surface area (Å²) < 4.78 is 5.08. The van der Waals surface area contributed by atoms with Crippen LogP contribution in [0.5, 0.6) is 0 Å². The molecule has 0 radical (unpaired) electrons. The Labute approximate surface area is 140 Å². The van der Waals surface area contributed by atoms with Gasteiger partial charge >= 0.3 is 5.97 Å². The van der Waals surface area contributed by atoms with E-state index in [0.29, 0.717) is 12.3 Å². The summed E-state index contributed by atoms with van der Waals surface area (Å²) in [5.74, 6) is -0.395. The van der Waals surface area contributed by atoms with Crippen molar-refractivity contribution in [2.24, 2.45) is 0 Å². The molecule has 0 spiro atoms. The summed E-state index contributed by atoms with van der Waals surface area (Å²) in [6, 6.07) is 15.4. The molecule has 0 fully saturated rings. The van der Waals surface area contributed by atoms with E-state index < -0.39 is 5.97 Å². The molecule has 24 heavy (non-hydrogen) atoms. The Hall–Kier alpha value is -3.32. The molecule has 0 bridgehead atoms. The number of ether oxygens (including phenoxy) is 1. The standard InChI is InChI=1S/C20H16N2O2/c1-3-24-19(23)12-16(14-8-5-4-6-9-14)15-10-7-11-17-20(15)18(21-2)13-22-17/h4-13,22H,3H2,1H3. The highest BCUT2D eigenvalue weighted by molar-refractivity contribution is 6.07. The number of carbonyl (C=O) groups excluding carboxylic acids is 1. The normalized spacial score (nSPS) is 11.2. The van der Waals surface area contributed by atoms with Crippen LogP contribution < -0.4 is 0 Å². The van der Waals surface area contributed by atoms with E-state index >= 15 is 0 Å². The summed E-state index contributed by atoms with van der Waals surface area (Å²) in [7, 11) is 0. The SMILES string of the molecule is [C-]#[N+]c1c[nH]c2cccc(C(=CC(=O)OCC)c3ccccc3)c12. The minimum Gasteiger partial charge on any atom is -0.463 e. The maximum absolute atomic E-state index is 12.1. The Morgan fingerprint density at radius 3 is 2.71 bits per heavy atom. The predicted molar refractivity (Wildman–Crippen MR) is 94.7 cm³/mol. The van der Waals surface area contributed by atoms with Crippen LogP contribution in [0.1, 0.15) is 18.1 Å². The zero-order chi connectivity index (χ0) is 16.9. The molecule has 1 heterocycles. The van der Waals surface area contributed by atoms with Gasteiger partial charge in [-0.3, -0.25) is 0 Å². The minimum absolute atomic E-state index is 0.319. The zero-order valence-electron chi connectivity index (χ0n) is 13.2. The largest absolute Gasteiger partial charge is 0.463 e. The number of esters is 1. The summed E-state index contributed by atoms with van der Waals surface area (Å²) in [6.45, 7) is 9.48. The summed E-state index contributed by atoms with van der Waals surface area (Å²) in [4.78, 5) is 18.8. The lowest BCUT2D eigenvalue weighted by atomic mass is 9.94. The van der Waals surface area contributed by atoms with Gasteiger partial charge < -0.3 is 9.72 Å². The molecule has 0 amide bonds. The van der Waals surface area contributed by atoms with E-state index in [9.17, 15) is 4.79 Å². The first-order valence-corrected chi connectivity index (χ1v) is 7.66. The van der Waals surface area contributed by atoms with Gasteiger partial charge in [-0.05, 0) is 29.7 Å². The maximum atomic E-state index is 12.1. The van der Waals surface area contributed by atoms with Crippen molar-refractivity contribution in [1.29, 1.82) is 0 Å². The molecular weight excluding hydrogens is 300 g/mol. The van der Waals surface area contributed by atoms with Crippen LogP contribution in [0.15, 0.2) is 60.8 Å². The van der Waals surface area contributed by atoms with Gasteiger partial charge in [-0.1, -0.05) is 42.5 Å². The van der Waals surface area contributed by atoms with Crippen molar-refractivity contribution >= 4 is 28.1 Å². The molecule has 0 aliphatic carbocycles. The smallest absolute Gasteiger partial charge is 0.331 e. The number of nitrogens with one attached hydrogen (secondary N) is 1. The molecule has 0 aliphatic rings. The van der Waals surface area contributed by atoms with Crippen LogP contribution in [0.2, 0.25) is 0 Å². The number of aromatic nitrogens is 1. The lowest BCUT2D eigenvalue weighted by Crippen LogP contribution is -2.02. The Morgan fingerprint density at radius 2 is 2.00 bits per heavy atom. The first-order valence-electron chi connectivity index (χ1n) is 7.66. The third-order valence-corrected chi connectivity index (χ3v) is 3.73. The third kappa shape index (κ3) is 2.92. The third-order valence-electron chi connectivity index (χ3n) is 3.73. The number of hydrogen-bond donors (Lipinski definition) is 1. The number of fused-ring (bicyclic) bond motifs is 1. The molecule has 0 saturated carbocycles. The topological polar surface area (TPSA) is 46.5 Å². The second-order valence-corrected chi connectivity index (χ2v) is 5.19. The van der Waals surface area contributed by atoms with Crippen LogP contribution in [0, 0.1) is 6.57 Å². The van der Waals surface area contributed by atoms with Gasteiger partial charge in [-0.2, -0.15) is 0 Å². The number of nitrogens with zero attached hydrogens (tertiary/aromatic N) is 1. The summed E-state index contributed by atoms with van der Waals surface area (Å²) in [6.07, 6.45) is 3.18. The summed E-state index contributed by atoms with van der Waals surface area (Å²) in [5.41, 5.74) is 3.87. The molecule has 118 valence electrons. The van der Waals surface area contributed by atoms with E-state index in [0.717, 1.165) is 27.6 Å². The van der Waals surface area contributed by atoms with Gasteiger partial charge in [-0.15, -0.1) is 0 Å². The van der Waals surface area contributed by atoms with Gasteiger partial charge in [0.05, 0.1) is 13.2 Å².